The van der Waals surface area contributed by atoms with Gasteiger partial charge in [-0.15, -0.1) is 15.3 Å². The second-order valence-corrected chi connectivity index (χ2v) is 12.3. The standard InChI is InChI=1S/C31H36F3N7O3S/c1-19-12-13-22(20(2)24(19)18-35-29(44)31(32,33)34)17-27(43)37-30-41-40-28(45-30)11-7-6-10-23-14-15-25(39-38-23)36-26(42)16-21-8-4-3-5-9-21/h3-5,8-9,13-15,19-20,24H,6-7,10-12,16-18H2,1-2H3,(H,35,44)(H,36,39,42)(H,37,41,43). The molecule has 240 valence electrons. The van der Waals surface area contributed by atoms with Gasteiger partial charge in [0.1, 0.15) is 5.01 Å². The molecule has 0 spiro atoms. The van der Waals surface area contributed by atoms with Crippen molar-refractivity contribution in [2.75, 3.05) is 17.2 Å². The molecule has 3 aromatic rings. The number of carbonyl (C=O) groups excluding carboxylic acids is 3. The van der Waals surface area contributed by atoms with Crippen molar-refractivity contribution in [3.05, 3.63) is 70.4 Å². The van der Waals surface area contributed by atoms with Gasteiger partial charge in [0.15, 0.2) is 5.82 Å². The summed E-state index contributed by atoms with van der Waals surface area (Å²) in [6.45, 7) is 3.69. The zero-order valence-electron chi connectivity index (χ0n) is 25.1. The lowest BCUT2D eigenvalue weighted by Gasteiger charge is -2.35. The molecule has 10 nitrogen and oxygen atoms in total. The SMILES string of the molecule is CC1CC=C(CC(=O)Nc2nnc(CCCCc3ccc(NC(=O)Cc4ccccc4)nn3)s2)C(C)C1CNC(=O)C(F)(F)F. The average Bonchev–Trinajstić information content (AvgIpc) is 3.44. The Kier molecular flexibility index (Phi) is 11.7. The molecule has 3 atom stereocenters. The summed E-state index contributed by atoms with van der Waals surface area (Å²) in [6.07, 6.45) is 1.05. The lowest BCUT2D eigenvalue weighted by molar-refractivity contribution is -0.173. The first-order valence-corrected chi connectivity index (χ1v) is 15.6. The highest BCUT2D eigenvalue weighted by Crippen LogP contribution is 2.36. The van der Waals surface area contributed by atoms with E-state index in [1.807, 2.05) is 61.6 Å². The van der Waals surface area contributed by atoms with Gasteiger partial charge in [-0.3, -0.25) is 14.4 Å². The fourth-order valence-corrected chi connectivity index (χ4v) is 6.05. The van der Waals surface area contributed by atoms with Crippen LogP contribution in [0.2, 0.25) is 0 Å². The lowest BCUT2D eigenvalue weighted by atomic mass is 9.72. The van der Waals surface area contributed by atoms with Crippen molar-refractivity contribution in [2.24, 2.45) is 17.8 Å². The quantitative estimate of drug-likeness (QED) is 0.170. The Balaban J connectivity index is 1.16. The molecule has 0 saturated carbocycles. The topological polar surface area (TPSA) is 139 Å². The summed E-state index contributed by atoms with van der Waals surface area (Å²) >= 11 is 1.30. The maximum atomic E-state index is 12.7. The normalized spacial score (nSPS) is 18.2. The van der Waals surface area contributed by atoms with Crippen LogP contribution in [0.15, 0.2) is 54.1 Å². The zero-order valence-corrected chi connectivity index (χ0v) is 25.9. The molecule has 1 aromatic carbocycles. The number of hydrogen-bond acceptors (Lipinski definition) is 8. The number of aryl methyl sites for hydroxylation is 2. The number of halogens is 3. The highest BCUT2D eigenvalue weighted by atomic mass is 32.1. The Hall–Kier alpha value is -4.20. The van der Waals surface area contributed by atoms with E-state index in [2.05, 4.69) is 31.0 Å². The molecule has 4 rings (SSSR count). The van der Waals surface area contributed by atoms with Gasteiger partial charge in [0, 0.05) is 19.4 Å². The van der Waals surface area contributed by atoms with Crippen LogP contribution in [0.4, 0.5) is 24.1 Å². The van der Waals surface area contributed by atoms with Crippen LogP contribution in [-0.4, -0.2) is 50.8 Å². The third-order valence-electron chi connectivity index (χ3n) is 7.81. The van der Waals surface area contributed by atoms with Gasteiger partial charge in [-0.1, -0.05) is 67.2 Å². The first-order valence-electron chi connectivity index (χ1n) is 14.8. The van der Waals surface area contributed by atoms with E-state index in [4.69, 9.17) is 0 Å². The van der Waals surface area contributed by atoms with E-state index < -0.39 is 12.1 Å². The maximum absolute atomic E-state index is 12.7. The number of anilines is 2. The number of rotatable bonds is 13. The van der Waals surface area contributed by atoms with Gasteiger partial charge < -0.3 is 16.0 Å². The number of hydrogen-bond donors (Lipinski definition) is 3. The summed E-state index contributed by atoms with van der Waals surface area (Å²) in [4.78, 5) is 36.2. The van der Waals surface area contributed by atoms with E-state index >= 15 is 0 Å². The van der Waals surface area contributed by atoms with Gasteiger partial charge in [-0.05, 0) is 61.1 Å². The van der Waals surface area contributed by atoms with Crippen molar-refractivity contribution in [2.45, 2.75) is 65.0 Å². The molecule has 2 heterocycles. The molecule has 14 heteroatoms. The van der Waals surface area contributed by atoms with Gasteiger partial charge in [-0.25, -0.2) is 0 Å². The smallest absolute Gasteiger partial charge is 0.348 e. The molecule has 3 unspecified atom stereocenters. The number of alkyl halides is 3. The van der Waals surface area contributed by atoms with E-state index in [1.54, 1.807) is 6.07 Å². The summed E-state index contributed by atoms with van der Waals surface area (Å²) in [6, 6.07) is 13.0. The Morgan fingerprint density at radius 2 is 1.62 bits per heavy atom. The summed E-state index contributed by atoms with van der Waals surface area (Å²) in [7, 11) is 0. The number of amides is 3. The monoisotopic (exact) mass is 643 g/mol. The van der Waals surface area contributed by atoms with Crippen LogP contribution < -0.4 is 16.0 Å². The molecule has 0 bridgehead atoms. The van der Waals surface area contributed by atoms with Crippen LogP contribution in [0.5, 0.6) is 0 Å². The molecular formula is C31H36F3N7O3S. The fraction of sp³-hybridized carbons (Fsp3) is 0.452. The Labute approximate surface area is 263 Å². The third kappa shape index (κ3) is 10.4. The summed E-state index contributed by atoms with van der Waals surface area (Å²) in [5, 5.41) is 25.2. The van der Waals surface area contributed by atoms with E-state index in [9.17, 15) is 27.6 Å². The molecule has 0 saturated heterocycles. The molecule has 0 radical (unpaired) electrons. The average molecular weight is 644 g/mol. The molecule has 0 fully saturated rings. The summed E-state index contributed by atoms with van der Waals surface area (Å²) in [5.41, 5.74) is 2.56. The van der Waals surface area contributed by atoms with Crippen LogP contribution >= 0.6 is 11.3 Å². The molecule has 2 aromatic heterocycles. The fourth-order valence-electron chi connectivity index (χ4n) is 5.25. The van der Waals surface area contributed by atoms with Crippen LogP contribution in [0.25, 0.3) is 0 Å². The first kappa shape index (κ1) is 33.7. The number of carbonyl (C=O) groups is 3. The number of nitrogens with zero attached hydrogens (tertiary/aromatic N) is 4. The number of nitrogens with one attached hydrogen (secondary N) is 3. The molecule has 3 amide bonds. The van der Waals surface area contributed by atoms with E-state index in [0.717, 1.165) is 34.7 Å². The second kappa shape index (κ2) is 15.7. The Morgan fingerprint density at radius 3 is 2.33 bits per heavy atom. The molecular weight excluding hydrogens is 607 g/mol. The number of benzene rings is 1. The molecule has 0 aliphatic heterocycles. The van der Waals surface area contributed by atoms with E-state index in [0.29, 0.717) is 30.2 Å². The largest absolute Gasteiger partial charge is 0.471 e. The highest BCUT2D eigenvalue weighted by Gasteiger charge is 2.40. The molecule has 45 heavy (non-hydrogen) atoms. The zero-order chi connectivity index (χ0) is 32.4. The predicted octanol–water partition coefficient (Wildman–Crippen LogP) is 5.30. The Bertz CT molecular complexity index is 1480. The molecule has 1 aliphatic rings. The van der Waals surface area contributed by atoms with Crippen LogP contribution in [0, 0.1) is 17.8 Å². The van der Waals surface area contributed by atoms with Crippen LogP contribution in [-0.2, 0) is 33.6 Å². The van der Waals surface area contributed by atoms with Crippen molar-refractivity contribution in [3.63, 3.8) is 0 Å². The second-order valence-electron chi connectivity index (χ2n) is 11.2. The third-order valence-corrected chi connectivity index (χ3v) is 8.71. The van der Waals surface area contributed by atoms with Crippen molar-refractivity contribution in [3.8, 4) is 0 Å². The van der Waals surface area contributed by atoms with E-state index in [-0.39, 0.29) is 49.0 Å². The maximum Gasteiger partial charge on any atom is 0.471 e. The number of unbranched alkanes of at least 4 members (excludes halogenated alkanes) is 1. The van der Waals surface area contributed by atoms with Crippen LogP contribution in [0.3, 0.4) is 0 Å². The summed E-state index contributed by atoms with van der Waals surface area (Å²) in [5.74, 6) is -2.30. The first-order chi connectivity index (χ1) is 21.5. The highest BCUT2D eigenvalue weighted by molar-refractivity contribution is 7.15. The van der Waals surface area contributed by atoms with Gasteiger partial charge >= 0.3 is 12.1 Å². The van der Waals surface area contributed by atoms with E-state index in [1.165, 1.54) is 11.3 Å². The minimum absolute atomic E-state index is 0.0651. The lowest BCUT2D eigenvalue weighted by Crippen LogP contribution is -2.43. The van der Waals surface area contributed by atoms with Crippen molar-refractivity contribution in [1.29, 1.82) is 0 Å². The Morgan fingerprint density at radius 1 is 0.889 bits per heavy atom. The molecule has 3 N–H and O–H groups in total. The number of allylic oxidation sites excluding steroid dienone is 1. The van der Waals surface area contributed by atoms with Gasteiger partial charge in [0.05, 0.1) is 12.1 Å². The van der Waals surface area contributed by atoms with Crippen molar-refractivity contribution < 1.29 is 27.6 Å². The van der Waals surface area contributed by atoms with Crippen molar-refractivity contribution in [1.82, 2.24) is 25.7 Å². The van der Waals surface area contributed by atoms with Crippen LogP contribution in [0.1, 0.15) is 55.8 Å². The summed E-state index contributed by atoms with van der Waals surface area (Å²) < 4.78 is 37.8. The predicted molar refractivity (Wildman–Crippen MR) is 164 cm³/mol. The number of aromatic nitrogens is 4. The van der Waals surface area contributed by atoms with Gasteiger partial charge in [0.25, 0.3) is 0 Å². The van der Waals surface area contributed by atoms with Crippen molar-refractivity contribution >= 4 is 40.0 Å². The molecule has 1 aliphatic carbocycles. The minimum atomic E-state index is -4.92. The van der Waals surface area contributed by atoms with Gasteiger partial charge in [0.2, 0.25) is 16.9 Å². The van der Waals surface area contributed by atoms with Gasteiger partial charge in [-0.2, -0.15) is 18.3 Å². The minimum Gasteiger partial charge on any atom is -0.348 e.